The van der Waals surface area contributed by atoms with Gasteiger partial charge in [0.1, 0.15) is 12.4 Å². The number of benzene rings is 1. The van der Waals surface area contributed by atoms with Crippen LogP contribution in [0.25, 0.3) is 0 Å². The van der Waals surface area contributed by atoms with Gasteiger partial charge in [0.2, 0.25) is 5.91 Å². The van der Waals surface area contributed by atoms with E-state index >= 15 is 0 Å². The first-order chi connectivity index (χ1) is 11.2. The molecular weight excluding hydrogens is 296 g/mol. The van der Waals surface area contributed by atoms with Crippen molar-refractivity contribution in [2.45, 2.75) is 13.8 Å². The topological polar surface area (TPSA) is 84.0 Å². The maximum atomic E-state index is 11.0. The molecule has 7 nitrogen and oxygen atoms in total. The van der Waals surface area contributed by atoms with E-state index in [1.165, 1.54) is 6.92 Å². The molecule has 0 spiro atoms. The number of guanidine groups is 1. The molecule has 0 heterocycles. The fourth-order valence-electron chi connectivity index (χ4n) is 1.81. The molecule has 1 amide bonds. The molecule has 0 aliphatic heterocycles. The zero-order valence-electron chi connectivity index (χ0n) is 14.0. The summed E-state index contributed by atoms with van der Waals surface area (Å²) in [5.41, 5.74) is 0.719. The molecule has 1 aromatic rings. The maximum absolute atomic E-state index is 11.0. The van der Waals surface area contributed by atoms with Gasteiger partial charge in [-0.3, -0.25) is 9.79 Å². The van der Waals surface area contributed by atoms with Gasteiger partial charge in [-0.2, -0.15) is 0 Å². The number of hydrogen-bond acceptors (Lipinski definition) is 4. The van der Waals surface area contributed by atoms with Crippen LogP contribution < -0.4 is 20.7 Å². The van der Waals surface area contributed by atoms with Crippen LogP contribution in [0.3, 0.4) is 0 Å². The van der Waals surface area contributed by atoms with Gasteiger partial charge in [-0.1, -0.05) is 6.07 Å². The number of hydrogen-bond donors (Lipinski definition) is 3. The van der Waals surface area contributed by atoms with Crippen LogP contribution in [0.2, 0.25) is 0 Å². The highest BCUT2D eigenvalue weighted by atomic mass is 16.5. The van der Waals surface area contributed by atoms with Crippen LogP contribution in [0.5, 0.6) is 5.75 Å². The summed E-state index contributed by atoms with van der Waals surface area (Å²) in [6.45, 7) is 6.58. The van der Waals surface area contributed by atoms with E-state index in [1.807, 2.05) is 25.1 Å². The summed E-state index contributed by atoms with van der Waals surface area (Å²) in [4.78, 5) is 15.1. The summed E-state index contributed by atoms with van der Waals surface area (Å²) in [6, 6.07) is 7.29. The number of rotatable bonds is 9. The molecular formula is C16H26N4O3. The van der Waals surface area contributed by atoms with Crippen molar-refractivity contribution in [2.24, 2.45) is 4.99 Å². The molecule has 23 heavy (non-hydrogen) atoms. The third-order valence-electron chi connectivity index (χ3n) is 2.78. The highest BCUT2D eigenvalue weighted by Crippen LogP contribution is 2.16. The molecule has 1 rings (SSSR count). The summed E-state index contributed by atoms with van der Waals surface area (Å²) in [5.74, 6) is 1.31. The van der Waals surface area contributed by atoms with Gasteiger partial charge in [0.15, 0.2) is 5.96 Å². The van der Waals surface area contributed by atoms with Crippen LogP contribution in [-0.4, -0.2) is 51.8 Å². The van der Waals surface area contributed by atoms with E-state index in [2.05, 4.69) is 20.9 Å². The fraction of sp³-hybridized carbons (Fsp3) is 0.500. The zero-order valence-corrected chi connectivity index (χ0v) is 14.0. The van der Waals surface area contributed by atoms with Crippen LogP contribution >= 0.6 is 0 Å². The Hall–Kier alpha value is -2.28. The Labute approximate surface area is 137 Å². The lowest BCUT2D eigenvalue weighted by Crippen LogP contribution is -2.40. The average Bonchev–Trinajstić information content (AvgIpc) is 2.53. The Morgan fingerprint density at radius 1 is 1.22 bits per heavy atom. The largest absolute Gasteiger partial charge is 0.492 e. The normalized spacial score (nSPS) is 11.0. The first-order valence-corrected chi connectivity index (χ1v) is 7.68. The maximum Gasteiger partial charge on any atom is 0.221 e. The molecule has 0 aromatic heterocycles. The number of nitrogens with zero attached hydrogens (tertiary/aromatic N) is 1. The fourth-order valence-corrected chi connectivity index (χ4v) is 1.81. The molecule has 1 aromatic carbocycles. The van der Waals surface area contributed by atoms with E-state index in [1.54, 1.807) is 13.1 Å². The van der Waals surface area contributed by atoms with E-state index in [9.17, 15) is 4.79 Å². The van der Waals surface area contributed by atoms with Gasteiger partial charge in [-0.05, 0) is 19.1 Å². The van der Waals surface area contributed by atoms with Gasteiger partial charge >= 0.3 is 0 Å². The highest BCUT2D eigenvalue weighted by molar-refractivity contribution is 5.88. The Morgan fingerprint density at radius 2 is 1.96 bits per heavy atom. The van der Waals surface area contributed by atoms with Gasteiger partial charge in [-0.15, -0.1) is 0 Å². The first-order valence-electron chi connectivity index (χ1n) is 7.68. The van der Waals surface area contributed by atoms with Crippen molar-refractivity contribution in [1.29, 1.82) is 0 Å². The van der Waals surface area contributed by atoms with Crippen LogP contribution in [0.15, 0.2) is 29.3 Å². The predicted octanol–water partition coefficient (Wildman–Crippen LogP) is 1.23. The summed E-state index contributed by atoms with van der Waals surface area (Å²) in [6.07, 6.45) is 0. The van der Waals surface area contributed by atoms with E-state index in [0.29, 0.717) is 44.6 Å². The molecule has 3 N–H and O–H groups in total. The molecule has 0 aliphatic rings. The van der Waals surface area contributed by atoms with Crippen molar-refractivity contribution in [3.63, 3.8) is 0 Å². The summed E-state index contributed by atoms with van der Waals surface area (Å²) >= 11 is 0. The monoisotopic (exact) mass is 322 g/mol. The molecule has 128 valence electrons. The Balaban J connectivity index is 2.26. The third kappa shape index (κ3) is 8.67. The quantitative estimate of drug-likeness (QED) is 0.362. The molecule has 0 atom stereocenters. The van der Waals surface area contributed by atoms with Crippen molar-refractivity contribution in [2.75, 3.05) is 45.3 Å². The first kappa shape index (κ1) is 18.8. The molecule has 0 saturated carbocycles. The van der Waals surface area contributed by atoms with E-state index in [-0.39, 0.29) is 5.91 Å². The number of anilines is 1. The smallest absolute Gasteiger partial charge is 0.221 e. The zero-order chi connectivity index (χ0) is 16.9. The molecule has 0 radical (unpaired) electrons. The molecule has 0 aliphatic carbocycles. The van der Waals surface area contributed by atoms with Crippen molar-refractivity contribution in [1.82, 2.24) is 10.6 Å². The van der Waals surface area contributed by atoms with Crippen molar-refractivity contribution in [3.8, 4) is 5.75 Å². The minimum Gasteiger partial charge on any atom is -0.492 e. The summed E-state index contributed by atoms with van der Waals surface area (Å²) < 4.78 is 10.9. The number of carbonyl (C=O) groups is 1. The second-order valence-electron chi connectivity index (χ2n) is 4.68. The Kier molecular flexibility index (Phi) is 9.23. The van der Waals surface area contributed by atoms with E-state index in [0.717, 1.165) is 5.69 Å². The van der Waals surface area contributed by atoms with Crippen molar-refractivity contribution in [3.05, 3.63) is 24.3 Å². The Bertz CT molecular complexity index is 506. The van der Waals surface area contributed by atoms with Gasteiger partial charge in [0.05, 0.1) is 13.2 Å². The number of ether oxygens (including phenoxy) is 2. The van der Waals surface area contributed by atoms with Gasteiger partial charge in [0, 0.05) is 38.9 Å². The van der Waals surface area contributed by atoms with Crippen LogP contribution in [-0.2, 0) is 9.53 Å². The number of nitrogens with one attached hydrogen (secondary N) is 3. The van der Waals surface area contributed by atoms with Gasteiger partial charge in [0.25, 0.3) is 0 Å². The number of amides is 1. The molecule has 0 unspecified atom stereocenters. The minimum atomic E-state index is -0.106. The average molecular weight is 322 g/mol. The van der Waals surface area contributed by atoms with Gasteiger partial charge in [-0.25, -0.2) is 0 Å². The number of carbonyl (C=O) groups excluding carboxylic acids is 1. The lowest BCUT2D eigenvalue weighted by Gasteiger charge is -2.13. The number of aliphatic imine (C=N–C) groups is 1. The van der Waals surface area contributed by atoms with Crippen molar-refractivity contribution < 1.29 is 14.3 Å². The summed E-state index contributed by atoms with van der Waals surface area (Å²) in [5, 5.41) is 9.02. The second kappa shape index (κ2) is 11.3. The van der Waals surface area contributed by atoms with E-state index < -0.39 is 0 Å². The summed E-state index contributed by atoms with van der Waals surface area (Å²) in [7, 11) is 1.72. The van der Waals surface area contributed by atoms with Crippen LogP contribution in [0, 0.1) is 0 Å². The standard InChI is InChI=1S/C16H26N4O3/c1-4-22-10-8-18-16(17-3)19-9-11-23-15-7-5-6-14(12-15)20-13(2)21/h5-7,12H,4,8-11H2,1-3H3,(H,20,21)(H2,17,18,19). The van der Waals surface area contributed by atoms with E-state index in [4.69, 9.17) is 9.47 Å². The minimum absolute atomic E-state index is 0.106. The highest BCUT2D eigenvalue weighted by Gasteiger charge is 2.00. The predicted molar refractivity (Wildman–Crippen MR) is 92.1 cm³/mol. The lowest BCUT2D eigenvalue weighted by atomic mass is 10.3. The van der Waals surface area contributed by atoms with Crippen LogP contribution in [0.4, 0.5) is 5.69 Å². The second-order valence-corrected chi connectivity index (χ2v) is 4.68. The van der Waals surface area contributed by atoms with Crippen LogP contribution in [0.1, 0.15) is 13.8 Å². The molecule has 0 fully saturated rings. The SMILES string of the molecule is CCOCCNC(=NC)NCCOc1cccc(NC(C)=O)c1. The van der Waals surface area contributed by atoms with Crippen molar-refractivity contribution >= 4 is 17.6 Å². The van der Waals surface area contributed by atoms with Gasteiger partial charge < -0.3 is 25.4 Å². The lowest BCUT2D eigenvalue weighted by molar-refractivity contribution is -0.114. The Morgan fingerprint density at radius 3 is 2.61 bits per heavy atom. The molecule has 7 heteroatoms. The third-order valence-corrected chi connectivity index (χ3v) is 2.78. The molecule has 0 bridgehead atoms. The molecule has 0 saturated heterocycles.